The smallest absolute Gasteiger partial charge is 0.259 e. The summed E-state index contributed by atoms with van der Waals surface area (Å²) in [5.74, 6) is -0.413. The Hall–Kier alpha value is -2.71. The highest BCUT2D eigenvalue weighted by atomic mass is 32.2. The Labute approximate surface area is 157 Å². The van der Waals surface area contributed by atoms with E-state index in [-0.39, 0.29) is 5.56 Å². The zero-order valence-electron chi connectivity index (χ0n) is 14.2. The molecule has 3 aromatic rings. The van der Waals surface area contributed by atoms with Gasteiger partial charge in [-0.25, -0.2) is 17.7 Å². The number of nitrogens with one attached hydrogen (secondary N) is 1. The Bertz CT molecular complexity index is 1000. The number of thiol groups is 1. The molecule has 1 aromatic heterocycles. The third kappa shape index (κ3) is 3.92. The van der Waals surface area contributed by atoms with Gasteiger partial charge in [0.15, 0.2) is 5.13 Å². The fraction of sp³-hybridized carbons (Fsp3) is 0.111. The SMILES string of the molecule is Cc1ccc(N(c2ccccc2C(=O)Nc2nc(C)cs2)[SH](=O)=O)cc1. The molecule has 0 saturated heterocycles. The van der Waals surface area contributed by atoms with E-state index in [0.29, 0.717) is 16.5 Å². The normalized spacial score (nSPS) is 10.7. The Balaban J connectivity index is 2.01. The third-order valence-electron chi connectivity index (χ3n) is 3.66. The van der Waals surface area contributed by atoms with Crippen LogP contribution in [0.1, 0.15) is 21.6 Å². The number of thiazole rings is 1. The Morgan fingerprint density at radius 1 is 1.08 bits per heavy atom. The fourth-order valence-electron chi connectivity index (χ4n) is 2.43. The summed E-state index contributed by atoms with van der Waals surface area (Å²) < 4.78 is 25.0. The van der Waals surface area contributed by atoms with Gasteiger partial charge in [-0.15, -0.1) is 11.3 Å². The molecular weight excluding hydrogens is 370 g/mol. The van der Waals surface area contributed by atoms with Gasteiger partial charge in [0.1, 0.15) is 0 Å². The van der Waals surface area contributed by atoms with Crippen LogP contribution in [0.3, 0.4) is 0 Å². The quantitative estimate of drug-likeness (QED) is 0.655. The first-order valence-corrected chi connectivity index (χ1v) is 9.80. The van der Waals surface area contributed by atoms with Gasteiger partial charge in [-0.2, -0.15) is 0 Å². The van der Waals surface area contributed by atoms with Crippen molar-refractivity contribution in [3.63, 3.8) is 0 Å². The predicted molar refractivity (Wildman–Crippen MR) is 105 cm³/mol. The summed E-state index contributed by atoms with van der Waals surface area (Å²) in [4.78, 5) is 16.9. The van der Waals surface area contributed by atoms with Gasteiger partial charge in [-0.1, -0.05) is 29.8 Å². The molecule has 0 bridgehead atoms. The van der Waals surface area contributed by atoms with Gasteiger partial charge < -0.3 is 0 Å². The van der Waals surface area contributed by atoms with Gasteiger partial charge in [-0.05, 0) is 38.1 Å². The van der Waals surface area contributed by atoms with E-state index in [2.05, 4.69) is 10.3 Å². The molecule has 1 N–H and O–H groups in total. The van der Waals surface area contributed by atoms with Crippen LogP contribution in [0.5, 0.6) is 0 Å². The summed E-state index contributed by atoms with van der Waals surface area (Å²) in [7, 11) is -2.98. The van der Waals surface area contributed by atoms with Crippen molar-refractivity contribution >= 4 is 44.6 Å². The van der Waals surface area contributed by atoms with Crippen molar-refractivity contribution < 1.29 is 13.2 Å². The van der Waals surface area contributed by atoms with Crippen LogP contribution in [-0.4, -0.2) is 19.3 Å². The average molecular weight is 387 g/mol. The van der Waals surface area contributed by atoms with E-state index in [9.17, 15) is 13.2 Å². The number of para-hydroxylation sites is 1. The molecule has 0 unspecified atom stereocenters. The van der Waals surface area contributed by atoms with Crippen LogP contribution in [0.15, 0.2) is 53.9 Å². The molecule has 0 radical (unpaired) electrons. The van der Waals surface area contributed by atoms with E-state index in [4.69, 9.17) is 0 Å². The molecule has 1 heterocycles. The van der Waals surface area contributed by atoms with Crippen LogP contribution in [0.2, 0.25) is 0 Å². The molecule has 2 aromatic carbocycles. The molecule has 6 nitrogen and oxygen atoms in total. The standard InChI is InChI=1S/C18H17N3O3S2/c1-12-7-9-14(10-8-12)21(26(23)24)16-6-4-3-5-15(16)17(22)20-18-19-13(2)11-25-18/h3-11,26H,1-2H3,(H,19,20,22). The molecule has 0 atom stereocenters. The Morgan fingerprint density at radius 3 is 2.38 bits per heavy atom. The first-order chi connectivity index (χ1) is 12.5. The van der Waals surface area contributed by atoms with E-state index < -0.39 is 16.8 Å². The number of hydrogen-bond donors (Lipinski definition) is 2. The van der Waals surface area contributed by atoms with E-state index in [1.807, 2.05) is 31.4 Å². The lowest BCUT2D eigenvalue weighted by Gasteiger charge is -2.20. The lowest BCUT2D eigenvalue weighted by Crippen LogP contribution is -2.20. The number of hydrogen-bond acceptors (Lipinski definition) is 5. The second-order valence-corrected chi connectivity index (χ2v) is 7.38. The first kappa shape index (κ1) is 18.1. The minimum atomic E-state index is -2.98. The van der Waals surface area contributed by atoms with Gasteiger partial charge in [0.25, 0.3) is 5.91 Å². The maximum Gasteiger partial charge on any atom is 0.259 e. The molecule has 0 fully saturated rings. The maximum atomic E-state index is 12.7. The number of aromatic nitrogens is 1. The van der Waals surface area contributed by atoms with Gasteiger partial charge in [0.05, 0.1) is 22.6 Å². The van der Waals surface area contributed by atoms with Crippen molar-refractivity contribution in [1.29, 1.82) is 0 Å². The van der Waals surface area contributed by atoms with Crippen molar-refractivity contribution in [2.24, 2.45) is 0 Å². The van der Waals surface area contributed by atoms with Crippen LogP contribution in [0.4, 0.5) is 16.5 Å². The van der Waals surface area contributed by atoms with E-state index in [0.717, 1.165) is 15.6 Å². The molecule has 0 aliphatic carbocycles. The monoisotopic (exact) mass is 387 g/mol. The van der Waals surface area contributed by atoms with Crippen LogP contribution >= 0.6 is 11.3 Å². The van der Waals surface area contributed by atoms with Gasteiger partial charge >= 0.3 is 0 Å². The number of rotatable bonds is 5. The van der Waals surface area contributed by atoms with Crippen molar-refractivity contribution in [2.45, 2.75) is 13.8 Å². The fourth-order valence-corrected chi connectivity index (χ4v) is 3.79. The zero-order chi connectivity index (χ0) is 18.7. The van der Waals surface area contributed by atoms with Gasteiger partial charge in [0, 0.05) is 5.38 Å². The van der Waals surface area contributed by atoms with Crippen molar-refractivity contribution in [1.82, 2.24) is 4.98 Å². The highest BCUT2D eigenvalue weighted by molar-refractivity contribution is 7.74. The van der Waals surface area contributed by atoms with Crippen LogP contribution in [-0.2, 0) is 10.9 Å². The topological polar surface area (TPSA) is 79.4 Å². The third-order valence-corrected chi connectivity index (χ3v) is 5.31. The van der Waals surface area contributed by atoms with Crippen molar-refractivity contribution in [2.75, 3.05) is 9.62 Å². The highest BCUT2D eigenvalue weighted by Gasteiger charge is 2.20. The van der Waals surface area contributed by atoms with Gasteiger partial charge in [-0.3, -0.25) is 10.1 Å². The molecule has 1 amide bonds. The molecular formula is C18H17N3O3S2. The maximum absolute atomic E-state index is 12.7. The summed E-state index contributed by atoms with van der Waals surface area (Å²) >= 11 is 1.32. The molecule has 26 heavy (non-hydrogen) atoms. The molecule has 0 spiro atoms. The minimum Gasteiger partial charge on any atom is -0.298 e. The molecule has 8 heteroatoms. The summed E-state index contributed by atoms with van der Waals surface area (Å²) in [6.07, 6.45) is 0. The number of aryl methyl sites for hydroxylation is 2. The lowest BCUT2D eigenvalue weighted by molar-refractivity contribution is 0.102. The molecule has 3 rings (SSSR count). The summed E-state index contributed by atoms with van der Waals surface area (Å²) in [5, 5.41) is 5.02. The number of benzene rings is 2. The largest absolute Gasteiger partial charge is 0.298 e. The van der Waals surface area contributed by atoms with E-state index in [1.165, 1.54) is 11.3 Å². The highest BCUT2D eigenvalue weighted by Crippen LogP contribution is 2.30. The molecule has 0 aliphatic heterocycles. The number of nitrogens with zero attached hydrogens (tertiary/aromatic N) is 2. The zero-order valence-corrected chi connectivity index (χ0v) is 15.9. The second kappa shape index (κ2) is 7.67. The number of amides is 1. The Kier molecular flexibility index (Phi) is 5.34. The van der Waals surface area contributed by atoms with Crippen molar-refractivity contribution in [3.8, 4) is 0 Å². The van der Waals surface area contributed by atoms with Crippen LogP contribution in [0.25, 0.3) is 0 Å². The first-order valence-electron chi connectivity index (χ1n) is 7.79. The van der Waals surface area contributed by atoms with Gasteiger partial charge in [0.2, 0.25) is 10.9 Å². The number of carbonyl (C=O) groups excluding carboxylic acids is 1. The summed E-state index contributed by atoms with van der Waals surface area (Å²) in [5.41, 5.74) is 2.83. The summed E-state index contributed by atoms with van der Waals surface area (Å²) in [6, 6.07) is 13.6. The summed E-state index contributed by atoms with van der Waals surface area (Å²) in [6.45, 7) is 3.75. The minimum absolute atomic E-state index is 0.250. The number of carbonyl (C=O) groups is 1. The molecule has 134 valence electrons. The van der Waals surface area contributed by atoms with E-state index >= 15 is 0 Å². The second-order valence-electron chi connectivity index (χ2n) is 5.65. The lowest BCUT2D eigenvalue weighted by atomic mass is 10.1. The van der Waals surface area contributed by atoms with Crippen molar-refractivity contribution in [3.05, 3.63) is 70.7 Å². The van der Waals surface area contributed by atoms with E-state index in [1.54, 1.807) is 36.4 Å². The average Bonchev–Trinajstić information content (AvgIpc) is 3.02. The molecule has 0 aliphatic rings. The predicted octanol–water partition coefficient (Wildman–Crippen LogP) is 3.68. The number of anilines is 3. The molecule has 0 saturated carbocycles. The van der Waals surface area contributed by atoms with Crippen LogP contribution < -0.4 is 9.62 Å². The van der Waals surface area contributed by atoms with Crippen LogP contribution in [0, 0.1) is 13.8 Å². The Morgan fingerprint density at radius 2 is 1.77 bits per heavy atom.